The number of carboxylic acids is 1. The molecule has 0 aliphatic heterocycles. The highest BCUT2D eigenvalue weighted by molar-refractivity contribution is 5.70. The van der Waals surface area contributed by atoms with Crippen molar-refractivity contribution in [2.75, 3.05) is 0 Å². The standard InChI is InChI=1S/C14H25NO4/c1-10(9-11(16)17)14(7-5-6-8-14)15-12(18)19-13(2,3)4/h10H,5-9H2,1-4H3,(H,15,18)(H,16,17). The zero-order valence-corrected chi connectivity index (χ0v) is 12.3. The number of alkyl carbamates (subject to hydrolysis) is 1. The highest BCUT2D eigenvalue weighted by Gasteiger charge is 2.41. The van der Waals surface area contributed by atoms with Gasteiger partial charge < -0.3 is 15.2 Å². The fourth-order valence-electron chi connectivity index (χ4n) is 2.71. The molecule has 1 saturated carbocycles. The van der Waals surface area contributed by atoms with E-state index in [4.69, 9.17) is 9.84 Å². The number of rotatable bonds is 4. The molecule has 0 bridgehead atoms. The molecule has 0 saturated heterocycles. The van der Waals surface area contributed by atoms with Crippen LogP contribution in [-0.2, 0) is 9.53 Å². The van der Waals surface area contributed by atoms with Gasteiger partial charge in [-0.2, -0.15) is 0 Å². The van der Waals surface area contributed by atoms with Crippen molar-refractivity contribution >= 4 is 12.1 Å². The topological polar surface area (TPSA) is 75.6 Å². The maximum atomic E-state index is 11.9. The molecule has 0 heterocycles. The zero-order chi connectivity index (χ0) is 14.7. The quantitative estimate of drug-likeness (QED) is 0.824. The lowest BCUT2D eigenvalue weighted by Gasteiger charge is -2.36. The highest BCUT2D eigenvalue weighted by atomic mass is 16.6. The molecule has 0 radical (unpaired) electrons. The van der Waals surface area contributed by atoms with Crippen LogP contribution in [0.15, 0.2) is 0 Å². The van der Waals surface area contributed by atoms with Crippen molar-refractivity contribution in [3.05, 3.63) is 0 Å². The molecule has 1 aliphatic rings. The summed E-state index contributed by atoms with van der Waals surface area (Å²) in [6.45, 7) is 7.33. The molecule has 1 unspecified atom stereocenters. The fraction of sp³-hybridized carbons (Fsp3) is 0.857. The van der Waals surface area contributed by atoms with Gasteiger partial charge in [0, 0.05) is 5.54 Å². The summed E-state index contributed by atoms with van der Waals surface area (Å²) in [5.41, 5.74) is -0.972. The van der Waals surface area contributed by atoms with Gasteiger partial charge in [0.05, 0.1) is 6.42 Å². The lowest BCUT2D eigenvalue weighted by molar-refractivity contribution is -0.138. The summed E-state index contributed by atoms with van der Waals surface area (Å²) in [6, 6.07) is 0. The SMILES string of the molecule is CC(CC(=O)O)C1(NC(=O)OC(C)(C)C)CCCC1. The summed E-state index contributed by atoms with van der Waals surface area (Å²) in [4.78, 5) is 22.8. The molecule has 1 amide bonds. The Hall–Kier alpha value is -1.26. The first kappa shape index (κ1) is 15.8. The third kappa shape index (κ3) is 4.73. The lowest BCUT2D eigenvalue weighted by Crippen LogP contribution is -2.52. The Labute approximate surface area is 114 Å². The van der Waals surface area contributed by atoms with Gasteiger partial charge in [-0.25, -0.2) is 4.79 Å². The Morgan fingerprint density at radius 1 is 1.32 bits per heavy atom. The number of hydrogen-bond donors (Lipinski definition) is 2. The van der Waals surface area contributed by atoms with E-state index in [-0.39, 0.29) is 12.3 Å². The van der Waals surface area contributed by atoms with E-state index in [9.17, 15) is 9.59 Å². The Bertz CT molecular complexity index is 340. The molecule has 1 atom stereocenters. The van der Waals surface area contributed by atoms with Crippen LogP contribution in [0, 0.1) is 5.92 Å². The number of carbonyl (C=O) groups is 2. The molecule has 1 aliphatic carbocycles. The second-order valence-corrected chi connectivity index (χ2v) is 6.49. The van der Waals surface area contributed by atoms with Crippen molar-refractivity contribution in [3.8, 4) is 0 Å². The van der Waals surface area contributed by atoms with Crippen LogP contribution < -0.4 is 5.32 Å². The number of hydrogen-bond acceptors (Lipinski definition) is 3. The third-order valence-corrected chi connectivity index (χ3v) is 3.67. The molecule has 5 nitrogen and oxygen atoms in total. The second kappa shape index (κ2) is 5.80. The Balaban J connectivity index is 2.71. The number of carbonyl (C=O) groups excluding carboxylic acids is 1. The van der Waals surface area contributed by atoms with Crippen molar-refractivity contribution in [2.45, 2.75) is 70.9 Å². The lowest BCUT2D eigenvalue weighted by atomic mass is 9.81. The summed E-state index contributed by atoms with van der Waals surface area (Å²) in [7, 11) is 0. The monoisotopic (exact) mass is 271 g/mol. The minimum absolute atomic E-state index is 0.0653. The van der Waals surface area contributed by atoms with Crippen molar-refractivity contribution in [2.24, 2.45) is 5.92 Å². The number of carboxylic acid groups (broad SMARTS) is 1. The van der Waals surface area contributed by atoms with Crippen LogP contribution in [0.5, 0.6) is 0 Å². The average molecular weight is 271 g/mol. The average Bonchev–Trinajstić information content (AvgIpc) is 2.63. The number of amides is 1. The van der Waals surface area contributed by atoms with Crippen LogP contribution in [0.4, 0.5) is 4.79 Å². The first-order chi connectivity index (χ1) is 8.65. The van der Waals surface area contributed by atoms with Gasteiger partial charge in [0.15, 0.2) is 0 Å². The Morgan fingerprint density at radius 2 is 1.84 bits per heavy atom. The highest BCUT2D eigenvalue weighted by Crippen LogP contribution is 2.37. The van der Waals surface area contributed by atoms with Crippen molar-refractivity contribution in [1.82, 2.24) is 5.32 Å². The van der Waals surface area contributed by atoms with Gasteiger partial charge in [0.25, 0.3) is 0 Å². The third-order valence-electron chi connectivity index (χ3n) is 3.67. The van der Waals surface area contributed by atoms with E-state index in [0.29, 0.717) is 0 Å². The minimum Gasteiger partial charge on any atom is -0.481 e. The van der Waals surface area contributed by atoms with Crippen molar-refractivity contribution in [3.63, 3.8) is 0 Å². The van der Waals surface area contributed by atoms with Gasteiger partial charge in [0.2, 0.25) is 0 Å². The molecule has 110 valence electrons. The van der Waals surface area contributed by atoms with E-state index < -0.39 is 23.2 Å². The molecule has 0 spiro atoms. The molecular formula is C14H25NO4. The van der Waals surface area contributed by atoms with E-state index >= 15 is 0 Å². The van der Waals surface area contributed by atoms with Crippen molar-refractivity contribution in [1.29, 1.82) is 0 Å². The molecular weight excluding hydrogens is 246 g/mol. The van der Waals surface area contributed by atoms with E-state index in [1.165, 1.54) is 0 Å². The van der Waals surface area contributed by atoms with Gasteiger partial charge in [-0.15, -0.1) is 0 Å². The van der Waals surface area contributed by atoms with Gasteiger partial charge in [-0.3, -0.25) is 4.79 Å². The number of ether oxygens (including phenoxy) is 1. The zero-order valence-electron chi connectivity index (χ0n) is 12.3. The molecule has 1 fully saturated rings. The van der Waals surface area contributed by atoms with Gasteiger partial charge in [-0.1, -0.05) is 19.8 Å². The maximum absolute atomic E-state index is 11.9. The van der Waals surface area contributed by atoms with Crippen LogP contribution in [0.2, 0.25) is 0 Å². The molecule has 0 aromatic heterocycles. The van der Waals surface area contributed by atoms with Gasteiger partial charge >= 0.3 is 12.1 Å². The van der Waals surface area contributed by atoms with E-state index in [0.717, 1.165) is 25.7 Å². The van der Waals surface area contributed by atoms with Crippen LogP contribution in [0.3, 0.4) is 0 Å². The van der Waals surface area contributed by atoms with Crippen LogP contribution in [0.25, 0.3) is 0 Å². The van der Waals surface area contributed by atoms with Gasteiger partial charge in [0.1, 0.15) is 5.60 Å². The van der Waals surface area contributed by atoms with Crippen molar-refractivity contribution < 1.29 is 19.4 Å². The van der Waals surface area contributed by atoms with E-state index in [2.05, 4.69) is 5.32 Å². The summed E-state index contributed by atoms with van der Waals surface area (Å²) in [5, 5.41) is 11.9. The molecule has 0 aromatic rings. The van der Waals surface area contributed by atoms with Crippen LogP contribution >= 0.6 is 0 Å². The summed E-state index contributed by atoms with van der Waals surface area (Å²) < 4.78 is 5.28. The first-order valence-electron chi connectivity index (χ1n) is 6.88. The predicted octanol–water partition coefficient (Wildman–Crippen LogP) is 2.93. The van der Waals surface area contributed by atoms with Gasteiger partial charge in [-0.05, 0) is 39.5 Å². The maximum Gasteiger partial charge on any atom is 0.408 e. The first-order valence-corrected chi connectivity index (χ1v) is 6.88. The second-order valence-electron chi connectivity index (χ2n) is 6.49. The normalized spacial score (nSPS) is 19.8. The number of aliphatic carboxylic acids is 1. The summed E-state index contributed by atoms with van der Waals surface area (Å²) >= 11 is 0. The van der Waals surface area contributed by atoms with Crippen LogP contribution in [0.1, 0.15) is 59.8 Å². The van der Waals surface area contributed by atoms with E-state index in [1.807, 2.05) is 27.7 Å². The fourth-order valence-corrected chi connectivity index (χ4v) is 2.71. The molecule has 1 rings (SSSR count). The largest absolute Gasteiger partial charge is 0.481 e. The minimum atomic E-state index is -0.829. The Kier molecular flexibility index (Phi) is 4.82. The predicted molar refractivity (Wildman–Crippen MR) is 72.0 cm³/mol. The smallest absolute Gasteiger partial charge is 0.408 e. The summed E-state index contributed by atoms with van der Waals surface area (Å²) in [6.07, 6.45) is 3.28. The molecule has 2 N–H and O–H groups in total. The molecule has 0 aromatic carbocycles. The molecule has 19 heavy (non-hydrogen) atoms. The number of nitrogens with one attached hydrogen (secondary N) is 1. The summed E-state index contributed by atoms with van der Waals surface area (Å²) in [5.74, 6) is -0.926. The van der Waals surface area contributed by atoms with E-state index in [1.54, 1.807) is 0 Å². The molecule has 5 heteroatoms. The Morgan fingerprint density at radius 3 is 2.26 bits per heavy atom. The van der Waals surface area contributed by atoms with Crippen LogP contribution in [-0.4, -0.2) is 28.3 Å².